The highest BCUT2D eigenvalue weighted by Gasteiger charge is 2.11. The van der Waals surface area contributed by atoms with Gasteiger partial charge in [-0.05, 0) is 18.6 Å². The van der Waals surface area contributed by atoms with Crippen molar-refractivity contribution in [1.29, 1.82) is 0 Å². The summed E-state index contributed by atoms with van der Waals surface area (Å²) < 4.78 is 0. The quantitative estimate of drug-likeness (QED) is 0.582. The second-order valence-electron chi connectivity index (χ2n) is 2.94. The van der Waals surface area contributed by atoms with E-state index in [4.69, 9.17) is 16.4 Å². The Morgan fingerprint density at radius 3 is 3.00 bits per heavy atom. The van der Waals surface area contributed by atoms with E-state index < -0.39 is 0 Å². The second kappa shape index (κ2) is 5.68. The van der Waals surface area contributed by atoms with Crippen LogP contribution in [0, 0.1) is 0 Å². The van der Waals surface area contributed by atoms with E-state index in [1.54, 1.807) is 25.4 Å². The summed E-state index contributed by atoms with van der Waals surface area (Å²) in [5.41, 5.74) is 0.704. The molecule has 0 saturated carbocycles. The third-order valence-electron chi connectivity index (χ3n) is 1.85. The zero-order valence-electron chi connectivity index (χ0n) is 8.74. The molecule has 0 aliphatic heterocycles. The monoisotopic (exact) mass is 228 g/mol. The summed E-state index contributed by atoms with van der Waals surface area (Å²) in [6, 6.07) is 3.52. The van der Waals surface area contributed by atoms with Crippen LogP contribution in [0.15, 0.2) is 18.3 Å². The molecule has 1 heterocycles. The fraction of sp³-hybridized carbons (Fsp3) is 0.400. The number of aromatic nitrogens is 1. The number of hydroxylamine groups is 2. The van der Waals surface area contributed by atoms with Crippen LogP contribution in [0.25, 0.3) is 0 Å². The lowest BCUT2D eigenvalue weighted by atomic mass is 10.2. The van der Waals surface area contributed by atoms with Gasteiger partial charge >= 0.3 is 0 Å². The Balaban J connectivity index is 2.62. The summed E-state index contributed by atoms with van der Waals surface area (Å²) in [6.07, 6.45) is 1.78. The topological polar surface area (TPSA) is 42.4 Å². The predicted molar refractivity (Wildman–Crippen MR) is 57.3 cm³/mol. The Morgan fingerprint density at radius 1 is 1.67 bits per heavy atom. The highest BCUT2D eigenvalue weighted by molar-refractivity contribution is 6.30. The van der Waals surface area contributed by atoms with Crippen LogP contribution in [0.2, 0.25) is 5.15 Å². The van der Waals surface area contributed by atoms with Gasteiger partial charge in [0, 0.05) is 13.2 Å². The molecule has 1 amide bonds. The standard InChI is InChI=1S/C10H13ClN2O2/c1-3-15-13(2)9(14)7-8-5-4-6-12-10(8)11/h4-6H,3,7H2,1-2H3. The van der Waals surface area contributed by atoms with Crippen molar-refractivity contribution in [3.05, 3.63) is 29.0 Å². The third kappa shape index (κ3) is 3.49. The maximum Gasteiger partial charge on any atom is 0.250 e. The Kier molecular flexibility index (Phi) is 4.52. The van der Waals surface area contributed by atoms with Crippen molar-refractivity contribution in [2.24, 2.45) is 0 Å². The van der Waals surface area contributed by atoms with Gasteiger partial charge in [-0.2, -0.15) is 0 Å². The summed E-state index contributed by atoms with van der Waals surface area (Å²) in [6.45, 7) is 2.28. The van der Waals surface area contributed by atoms with Crippen molar-refractivity contribution < 1.29 is 9.63 Å². The van der Waals surface area contributed by atoms with Gasteiger partial charge in [-0.1, -0.05) is 17.7 Å². The first-order valence-corrected chi connectivity index (χ1v) is 5.01. The van der Waals surface area contributed by atoms with Crippen molar-refractivity contribution in [2.75, 3.05) is 13.7 Å². The number of halogens is 1. The van der Waals surface area contributed by atoms with Crippen molar-refractivity contribution >= 4 is 17.5 Å². The van der Waals surface area contributed by atoms with Crippen LogP contribution in [0.1, 0.15) is 12.5 Å². The number of carbonyl (C=O) groups excluding carboxylic acids is 1. The van der Waals surface area contributed by atoms with Crippen LogP contribution < -0.4 is 0 Å². The molecule has 0 saturated heterocycles. The zero-order chi connectivity index (χ0) is 11.3. The van der Waals surface area contributed by atoms with Gasteiger partial charge < -0.3 is 0 Å². The Hall–Kier alpha value is -1.13. The normalized spacial score (nSPS) is 10.1. The van der Waals surface area contributed by atoms with Gasteiger partial charge in [-0.3, -0.25) is 9.63 Å². The Labute approximate surface area is 93.8 Å². The van der Waals surface area contributed by atoms with E-state index in [0.29, 0.717) is 17.3 Å². The molecule has 0 atom stereocenters. The van der Waals surface area contributed by atoms with E-state index >= 15 is 0 Å². The van der Waals surface area contributed by atoms with Crippen LogP contribution in [-0.4, -0.2) is 29.6 Å². The van der Waals surface area contributed by atoms with Crippen LogP contribution >= 0.6 is 11.6 Å². The lowest BCUT2D eigenvalue weighted by Crippen LogP contribution is -2.28. The molecule has 0 aliphatic carbocycles. The minimum absolute atomic E-state index is 0.147. The van der Waals surface area contributed by atoms with Gasteiger partial charge in [0.05, 0.1) is 13.0 Å². The van der Waals surface area contributed by atoms with Crippen molar-refractivity contribution in [2.45, 2.75) is 13.3 Å². The first-order chi connectivity index (χ1) is 7.15. The lowest BCUT2D eigenvalue weighted by Gasteiger charge is -2.15. The fourth-order valence-electron chi connectivity index (χ4n) is 1.09. The van der Waals surface area contributed by atoms with Crippen molar-refractivity contribution in [1.82, 2.24) is 10.0 Å². The molecule has 0 radical (unpaired) electrons. The maximum atomic E-state index is 11.6. The first-order valence-electron chi connectivity index (χ1n) is 4.64. The molecule has 0 aromatic carbocycles. The van der Waals surface area contributed by atoms with Crippen LogP contribution in [0.4, 0.5) is 0 Å². The SMILES string of the molecule is CCON(C)C(=O)Cc1cccnc1Cl. The fourth-order valence-corrected chi connectivity index (χ4v) is 1.28. The number of rotatable bonds is 4. The zero-order valence-corrected chi connectivity index (χ0v) is 9.49. The van der Waals surface area contributed by atoms with Crippen LogP contribution in [0.5, 0.6) is 0 Å². The molecule has 0 bridgehead atoms. The average Bonchev–Trinajstić information content (AvgIpc) is 2.21. The van der Waals surface area contributed by atoms with E-state index in [1.165, 1.54) is 5.06 Å². The molecule has 0 spiro atoms. The first kappa shape index (κ1) is 11.9. The molecular formula is C10H13ClN2O2. The van der Waals surface area contributed by atoms with E-state index in [0.717, 1.165) is 0 Å². The number of nitrogens with zero attached hydrogens (tertiary/aromatic N) is 2. The van der Waals surface area contributed by atoms with Crippen LogP contribution in [0.3, 0.4) is 0 Å². The van der Waals surface area contributed by atoms with Gasteiger partial charge in [0.2, 0.25) is 5.91 Å². The molecule has 0 unspecified atom stereocenters. The number of hydrogen-bond acceptors (Lipinski definition) is 3. The largest absolute Gasteiger partial charge is 0.272 e. The molecule has 1 aromatic heterocycles. The molecule has 15 heavy (non-hydrogen) atoms. The highest BCUT2D eigenvalue weighted by atomic mass is 35.5. The summed E-state index contributed by atoms with van der Waals surface area (Å²) in [5.74, 6) is -0.147. The molecule has 0 aliphatic rings. The van der Waals surface area contributed by atoms with Gasteiger partial charge in [0.1, 0.15) is 5.15 Å². The van der Waals surface area contributed by atoms with Gasteiger partial charge in [-0.15, -0.1) is 0 Å². The predicted octanol–water partition coefficient (Wildman–Crippen LogP) is 1.69. The molecule has 1 rings (SSSR count). The maximum absolute atomic E-state index is 11.6. The Morgan fingerprint density at radius 2 is 2.40 bits per heavy atom. The molecule has 5 heteroatoms. The summed E-state index contributed by atoms with van der Waals surface area (Å²) in [5, 5.41) is 1.57. The van der Waals surface area contributed by atoms with Gasteiger partial charge in [0.15, 0.2) is 0 Å². The molecule has 4 nitrogen and oxygen atoms in total. The van der Waals surface area contributed by atoms with Gasteiger partial charge in [0.25, 0.3) is 0 Å². The number of amides is 1. The van der Waals surface area contributed by atoms with E-state index in [-0.39, 0.29) is 12.3 Å². The van der Waals surface area contributed by atoms with Crippen LogP contribution in [-0.2, 0) is 16.1 Å². The summed E-state index contributed by atoms with van der Waals surface area (Å²) in [4.78, 5) is 20.5. The molecule has 0 N–H and O–H groups in total. The third-order valence-corrected chi connectivity index (χ3v) is 2.19. The Bertz CT molecular complexity index is 344. The average molecular weight is 229 g/mol. The number of carbonyl (C=O) groups is 1. The lowest BCUT2D eigenvalue weighted by molar-refractivity contribution is -0.175. The molecule has 1 aromatic rings. The number of pyridine rings is 1. The minimum atomic E-state index is -0.147. The minimum Gasteiger partial charge on any atom is -0.272 e. The van der Waals surface area contributed by atoms with E-state index in [1.807, 2.05) is 6.92 Å². The highest BCUT2D eigenvalue weighted by Crippen LogP contribution is 2.12. The summed E-state index contributed by atoms with van der Waals surface area (Å²) in [7, 11) is 1.58. The second-order valence-corrected chi connectivity index (χ2v) is 3.30. The molecule has 0 fully saturated rings. The van der Waals surface area contributed by atoms with Crippen molar-refractivity contribution in [3.8, 4) is 0 Å². The summed E-state index contributed by atoms with van der Waals surface area (Å²) >= 11 is 5.83. The van der Waals surface area contributed by atoms with Gasteiger partial charge in [-0.25, -0.2) is 10.0 Å². The van der Waals surface area contributed by atoms with E-state index in [2.05, 4.69) is 4.98 Å². The number of likely N-dealkylation sites (N-methyl/N-ethyl adjacent to an activating group) is 1. The molecule has 82 valence electrons. The smallest absolute Gasteiger partial charge is 0.250 e. The van der Waals surface area contributed by atoms with E-state index in [9.17, 15) is 4.79 Å². The van der Waals surface area contributed by atoms with Crippen molar-refractivity contribution in [3.63, 3.8) is 0 Å². The number of hydrogen-bond donors (Lipinski definition) is 0. The molecular weight excluding hydrogens is 216 g/mol.